The molecule has 7 nitrogen and oxygen atoms in total. The van der Waals surface area contributed by atoms with E-state index in [4.69, 9.17) is 19.2 Å². The molecule has 2 rings (SSSR count). The van der Waals surface area contributed by atoms with Crippen LogP contribution in [0.15, 0.2) is 4.99 Å². The van der Waals surface area contributed by atoms with Crippen LogP contribution in [0, 0.1) is 11.8 Å². The molecule has 0 aliphatic carbocycles. The first-order valence-electron chi connectivity index (χ1n) is 12.3. The summed E-state index contributed by atoms with van der Waals surface area (Å²) in [4.78, 5) is 7.54. The Morgan fingerprint density at radius 3 is 2.35 bits per heavy atom. The number of morpholine rings is 1. The molecule has 2 heterocycles. The number of guanidine groups is 1. The van der Waals surface area contributed by atoms with Gasteiger partial charge >= 0.3 is 0 Å². The molecule has 0 amide bonds. The molecule has 0 spiro atoms. The van der Waals surface area contributed by atoms with Gasteiger partial charge in [0.1, 0.15) is 0 Å². The minimum Gasteiger partial charge on any atom is -0.381 e. The topological polar surface area (TPSA) is 67.4 Å². The maximum atomic E-state index is 5.88. The van der Waals surface area contributed by atoms with Crippen molar-refractivity contribution in [2.24, 2.45) is 16.8 Å². The Morgan fingerprint density at radius 1 is 1.03 bits per heavy atom. The summed E-state index contributed by atoms with van der Waals surface area (Å²) >= 11 is 0. The van der Waals surface area contributed by atoms with Crippen molar-refractivity contribution in [1.29, 1.82) is 0 Å². The molecule has 0 saturated carbocycles. The van der Waals surface area contributed by atoms with Gasteiger partial charge in [-0.15, -0.1) is 24.0 Å². The largest absolute Gasteiger partial charge is 0.381 e. The molecular formula is C23H47IN4O3. The SMILES string of the molecule is CCNC(=NCC(C(CC)CC)N1CCOCC1)NCCCOCC1CCOCC1.I. The Hall–Kier alpha value is -0.160. The first kappa shape index (κ1) is 28.9. The third-order valence-corrected chi connectivity index (χ3v) is 6.34. The van der Waals surface area contributed by atoms with Crippen LogP contribution in [-0.2, 0) is 14.2 Å². The fourth-order valence-electron chi connectivity index (χ4n) is 4.38. The van der Waals surface area contributed by atoms with Gasteiger partial charge in [-0.2, -0.15) is 0 Å². The Bertz CT molecular complexity index is 454. The van der Waals surface area contributed by atoms with Gasteiger partial charge in [-0.05, 0) is 38.0 Å². The van der Waals surface area contributed by atoms with Crippen molar-refractivity contribution >= 4 is 29.9 Å². The summed E-state index contributed by atoms with van der Waals surface area (Å²) in [5.41, 5.74) is 0. The number of hydrogen-bond acceptors (Lipinski definition) is 5. The molecule has 2 aliphatic rings. The number of halogens is 1. The summed E-state index contributed by atoms with van der Waals surface area (Å²) in [7, 11) is 0. The molecule has 0 aromatic rings. The molecule has 1 atom stereocenters. The van der Waals surface area contributed by atoms with E-state index in [9.17, 15) is 0 Å². The third-order valence-electron chi connectivity index (χ3n) is 6.34. The maximum absolute atomic E-state index is 5.88. The van der Waals surface area contributed by atoms with Crippen LogP contribution in [0.4, 0.5) is 0 Å². The quantitative estimate of drug-likeness (QED) is 0.158. The molecule has 8 heteroatoms. The molecule has 0 aromatic heterocycles. The third kappa shape index (κ3) is 11.5. The molecule has 0 radical (unpaired) electrons. The lowest BCUT2D eigenvalue weighted by molar-refractivity contribution is 0.00395. The summed E-state index contributed by atoms with van der Waals surface area (Å²) < 4.78 is 16.8. The summed E-state index contributed by atoms with van der Waals surface area (Å²) in [6.45, 7) is 16.5. The van der Waals surface area contributed by atoms with E-state index >= 15 is 0 Å². The number of ether oxygens (including phenoxy) is 3. The van der Waals surface area contributed by atoms with Gasteiger partial charge in [0.25, 0.3) is 0 Å². The van der Waals surface area contributed by atoms with Crippen molar-refractivity contribution < 1.29 is 14.2 Å². The van der Waals surface area contributed by atoms with E-state index in [0.29, 0.717) is 17.9 Å². The van der Waals surface area contributed by atoms with Crippen LogP contribution in [0.25, 0.3) is 0 Å². The van der Waals surface area contributed by atoms with Crippen molar-refractivity contribution in [1.82, 2.24) is 15.5 Å². The van der Waals surface area contributed by atoms with E-state index in [1.807, 2.05) is 0 Å². The average Bonchev–Trinajstić information content (AvgIpc) is 2.80. The second-order valence-electron chi connectivity index (χ2n) is 8.42. The van der Waals surface area contributed by atoms with Crippen molar-refractivity contribution in [2.75, 3.05) is 72.4 Å². The average molecular weight is 555 g/mol. The van der Waals surface area contributed by atoms with E-state index in [1.54, 1.807) is 0 Å². The number of hydrogen-bond donors (Lipinski definition) is 2. The van der Waals surface area contributed by atoms with Crippen LogP contribution in [0.1, 0.15) is 52.9 Å². The summed E-state index contributed by atoms with van der Waals surface area (Å²) in [5, 5.41) is 6.89. The smallest absolute Gasteiger partial charge is 0.191 e. The van der Waals surface area contributed by atoms with E-state index in [-0.39, 0.29) is 24.0 Å². The van der Waals surface area contributed by atoms with Crippen LogP contribution in [-0.4, -0.2) is 89.3 Å². The van der Waals surface area contributed by atoms with Gasteiger partial charge < -0.3 is 24.8 Å². The van der Waals surface area contributed by atoms with Crippen LogP contribution in [0.3, 0.4) is 0 Å². The maximum Gasteiger partial charge on any atom is 0.191 e. The number of aliphatic imine (C=N–C) groups is 1. The molecule has 0 aromatic carbocycles. The second-order valence-corrected chi connectivity index (χ2v) is 8.42. The molecule has 184 valence electrons. The van der Waals surface area contributed by atoms with Gasteiger partial charge in [0.05, 0.1) is 19.8 Å². The number of nitrogens with zero attached hydrogens (tertiary/aromatic N) is 2. The van der Waals surface area contributed by atoms with Crippen LogP contribution < -0.4 is 10.6 Å². The van der Waals surface area contributed by atoms with Crippen LogP contribution in [0.5, 0.6) is 0 Å². The second kappa shape index (κ2) is 18.3. The molecule has 2 saturated heterocycles. The fourth-order valence-corrected chi connectivity index (χ4v) is 4.38. The zero-order valence-corrected chi connectivity index (χ0v) is 22.4. The molecule has 0 bridgehead atoms. The molecule has 1 unspecified atom stereocenters. The van der Waals surface area contributed by atoms with Crippen molar-refractivity contribution in [3.63, 3.8) is 0 Å². The summed E-state index contributed by atoms with van der Waals surface area (Å²) in [5.74, 6) is 2.27. The molecule has 2 aliphatic heterocycles. The number of nitrogens with one attached hydrogen (secondary N) is 2. The fraction of sp³-hybridized carbons (Fsp3) is 0.957. The monoisotopic (exact) mass is 554 g/mol. The Morgan fingerprint density at radius 2 is 1.71 bits per heavy atom. The van der Waals surface area contributed by atoms with E-state index in [1.165, 1.54) is 12.8 Å². The Labute approximate surface area is 207 Å². The van der Waals surface area contributed by atoms with Crippen LogP contribution >= 0.6 is 24.0 Å². The van der Waals surface area contributed by atoms with Crippen LogP contribution in [0.2, 0.25) is 0 Å². The Balaban J connectivity index is 0.00000480. The lowest BCUT2D eigenvalue weighted by atomic mass is 9.92. The van der Waals surface area contributed by atoms with Gasteiger partial charge in [0, 0.05) is 58.6 Å². The highest BCUT2D eigenvalue weighted by atomic mass is 127. The molecule has 2 N–H and O–H groups in total. The highest BCUT2D eigenvalue weighted by Crippen LogP contribution is 2.20. The van der Waals surface area contributed by atoms with E-state index < -0.39 is 0 Å². The lowest BCUT2D eigenvalue weighted by Crippen LogP contribution is -2.49. The first-order chi connectivity index (χ1) is 14.8. The minimum absolute atomic E-state index is 0. The zero-order valence-electron chi connectivity index (χ0n) is 20.1. The van der Waals surface area contributed by atoms with Gasteiger partial charge in [0.2, 0.25) is 0 Å². The highest BCUT2D eigenvalue weighted by Gasteiger charge is 2.26. The predicted molar refractivity (Wildman–Crippen MR) is 139 cm³/mol. The van der Waals surface area contributed by atoms with E-state index in [0.717, 1.165) is 97.6 Å². The van der Waals surface area contributed by atoms with Crippen molar-refractivity contribution in [3.8, 4) is 0 Å². The van der Waals surface area contributed by atoms with Crippen molar-refractivity contribution in [2.45, 2.75) is 58.9 Å². The van der Waals surface area contributed by atoms with Gasteiger partial charge in [-0.1, -0.05) is 26.7 Å². The minimum atomic E-state index is 0. The van der Waals surface area contributed by atoms with Gasteiger partial charge in [-0.25, -0.2) is 0 Å². The van der Waals surface area contributed by atoms with E-state index in [2.05, 4.69) is 36.3 Å². The molecular weight excluding hydrogens is 507 g/mol. The zero-order chi connectivity index (χ0) is 21.4. The van der Waals surface area contributed by atoms with Gasteiger partial charge in [-0.3, -0.25) is 9.89 Å². The first-order valence-corrected chi connectivity index (χ1v) is 12.3. The Kier molecular flexibility index (Phi) is 17.0. The molecule has 31 heavy (non-hydrogen) atoms. The number of rotatable bonds is 13. The summed E-state index contributed by atoms with van der Waals surface area (Å²) in [6.07, 6.45) is 5.66. The normalized spacial score (nSPS) is 19.8. The van der Waals surface area contributed by atoms with Crippen molar-refractivity contribution in [3.05, 3.63) is 0 Å². The molecule has 2 fully saturated rings. The summed E-state index contributed by atoms with van der Waals surface area (Å²) in [6, 6.07) is 0.488. The highest BCUT2D eigenvalue weighted by molar-refractivity contribution is 14.0. The lowest BCUT2D eigenvalue weighted by Gasteiger charge is -2.38. The predicted octanol–water partition coefficient (Wildman–Crippen LogP) is 3.13. The standard InChI is InChI=1S/C23H46N4O3.HI/c1-4-21(5-2)22(27-11-16-29-17-12-27)18-26-23(24-6-3)25-10-7-13-30-19-20-8-14-28-15-9-20;/h20-22H,4-19H2,1-3H3,(H2,24,25,26);1H. The van der Waals surface area contributed by atoms with Gasteiger partial charge in [0.15, 0.2) is 5.96 Å².